The third-order valence-electron chi connectivity index (χ3n) is 9.62. The molecule has 4 N–H and O–H groups in total. The molecule has 3 aromatic carbocycles. The van der Waals surface area contributed by atoms with Gasteiger partial charge in [0.15, 0.2) is 0 Å². The van der Waals surface area contributed by atoms with E-state index in [2.05, 4.69) is 16.6 Å². The van der Waals surface area contributed by atoms with E-state index in [0.29, 0.717) is 47.0 Å². The van der Waals surface area contributed by atoms with E-state index < -0.39 is 55.8 Å². The molecule has 2 fully saturated rings. The van der Waals surface area contributed by atoms with Crippen molar-refractivity contribution in [2.24, 2.45) is 11.3 Å². The van der Waals surface area contributed by atoms with Crippen LogP contribution >= 0.6 is 11.6 Å². The lowest BCUT2D eigenvalue weighted by Crippen LogP contribution is -2.59. The van der Waals surface area contributed by atoms with Crippen LogP contribution in [0.1, 0.15) is 56.2 Å². The molecule has 264 valence electrons. The molecular formula is C37H40ClFN4O6S. The molecule has 1 unspecified atom stereocenters. The molecule has 0 spiro atoms. The molecule has 6 rings (SSSR count). The third-order valence-corrected chi connectivity index (χ3v) is 11.7. The molecule has 0 radical (unpaired) electrons. The molecule has 3 atom stereocenters. The first-order chi connectivity index (χ1) is 23.6. The van der Waals surface area contributed by atoms with E-state index in [1.807, 2.05) is 26.0 Å². The van der Waals surface area contributed by atoms with Crippen LogP contribution in [0.3, 0.4) is 0 Å². The molecule has 13 heteroatoms. The molecule has 10 nitrogen and oxygen atoms in total. The number of anilines is 1. The van der Waals surface area contributed by atoms with Gasteiger partial charge in [-0.15, -0.1) is 6.58 Å². The minimum absolute atomic E-state index is 0.0125. The summed E-state index contributed by atoms with van der Waals surface area (Å²) in [5.74, 6) is -1.62. The van der Waals surface area contributed by atoms with Gasteiger partial charge in [-0.3, -0.25) is 19.1 Å². The van der Waals surface area contributed by atoms with Gasteiger partial charge in [-0.1, -0.05) is 43.7 Å². The summed E-state index contributed by atoms with van der Waals surface area (Å²) in [5, 5.41) is 2.71. The number of hydrogen-bond acceptors (Lipinski definition) is 7. The minimum Gasteiger partial charge on any atom is -0.457 e. The van der Waals surface area contributed by atoms with Gasteiger partial charge in [-0.2, -0.15) is 0 Å². The Hall–Kier alpha value is -4.42. The van der Waals surface area contributed by atoms with Crippen molar-refractivity contribution in [3.8, 4) is 11.5 Å². The number of nitrogens with zero attached hydrogens (tertiary/aromatic N) is 1. The summed E-state index contributed by atoms with van der Waals surface area (Å²) in [4.78, 5) is 43.3. The maximum Gasteiger partial charge on any atom is 0.259 e. The summed E-state index contributed by atoms with van der Waals surface area (Å²) in [6.07, 6.45) is 3.06. The fraction of sp³-hybridized carbons (Fsp3) is 0.378. The Labute approximate surface area is 296 Å². The van der Waals surface area contributed by atoms with Gasteiger partial charge in [-0.05, 0) is 96.3 Å². The number of sulfonamides is 1. The largest absolute Gasteiger partial charge is 0.457 e. The van der Waals surface area contributed by atoms with Gasteiger partial charge in [0.1, 0.15) is 28.9 Å². The lowest BCUT2D eigenvalue weighted by Gasteiger charge is -2.38. The van der Waals surface area contributed by atoms with Gasteiger partial charge < -0.3 is 20.7 Å². The van der Waals surface area contributed by atoms with Crippen LogP contribution in [-0.2, 0) is 43.8 Å². The normalized spacial score (nSPS) is 21.5. The molecular weight excluding hydrogens is 683 g/mol. The highest BCUT2D eigenvalue weighted by atomic mass is 35.5. The molecule has 2 saturated carbocycles. The molecule has 0 bridgehead atoms. The van der Waals surface area contributed by atoms with Crippen molar-refractivity contribution in [3.63, 3.8) is 0 Å². The SMILES string of the molecule is C=C[C@@H]1C[C@]1(NC(=O)C1Cc2cc(Oc3cccc(Cl)c3)ccc2CN1C(=O)CC(C)(C)Cc1cc(F)ccc1N)C(=O)NS(=O)(=O)C1CC1. The van der Waals surface area contributed by atoms with E-state index in [9.17, 15) is 27.2 Å². The number of carbonyl (C=O) groups is 3. The smallest absolute Gasteiger partial charge is 0.259 e. The minimum atomic E-state index is -3.88. The fourth-order valence-corrected chi connectivity index (χ4v) is 8.16. The first-order valence-corrected chi connectivity index (χ1v) is 18.4. The van der Waals surface area contributed by atoms with Crippen molar-refractivity contribution in [1.82, 2.24) is 14.9 Å². The predicted molar refractivity (Wildman–Crippen MR) is 188 cm³/mol. The lowest BCUT2D eigenvalue weighted by molar-refractivity contribution is -0.144. The number of amides is 3. The molecule has 3 aromatic rings. The van der Waals surface area contributed by atoms with E-state index >= 15 is 0 Å². The van der Waals surface area contributed by atoms with Crippen molar-refractivity contribution >= 4 is 45.0 Å². The number of benzene rings is 3. The van der Waals surface area contributed by atoms with Crippen LogP contribution in [0, 0.1) is 17.2 Å². The number of hydrogen-bond donors (Lipinski definition) is 3. The molecule has 0 saturated heterocycles. The summed E-state index contributed by atoms with van der Waals surface area (Å²) in [7, 11) is -3.88. The van der Waals surface area contributed by atoms with E-state index in [1.54, 1.807) is 30.3 Å². The standard InChI is InChI=1S/C37H40ClFN4O6S/c1-4-25-19-37(25,35(46)42-50(47,48)30-11-12-30)41-34(45)32-16-23-15-29(49-28-7-5-6-26(38)17-28)10-8-22(23)21-43(32)33(44)20-36(2,3)18-24-14-27(39)9-13-31(24)40/h4-10,13-15,17,25,30,32H,1,11-12,16,18-21,40H2,2-3H3,(H,41,45)(H,42,46)/t25-,32?,37-/m1/s1. The number of carbonyl (C=O) groups excluding carboxylic acids is 3. The van der Waals surface area contributed by atoms with E-state index in [-0.39, 0.29) is 31.7 Å². The van der Waals surface area contributed by atoms with Crippen LogP contribution in [0.4, 0.5) is 10.1 Å². The number of rotatable bonds is 12. The quantitative estimate of drug-likeness (QED) is 0.167. The fourth-order valence-electron chi connectivity index (χ4n) is 6.62. The van der Waals surface area contributed by atoms with Crippen LogP contribution in [0.2, 0.25) is 5.02 Å². The van der Waals surface area contributed by atoms with Crippen molar-refractivity contribution in [1.29, 1.82) is 0 Å². The Balaban J connectivity index is 1.27. The molecule has 1 aliphatic heterocycles. The van der Waals surface area contributed by atoms with Crippen LogP contribution < -0.4 is 20.5 Å². The van der Waals surface area contributed by atoms with Crippen molar-refractivity contribution in [2.75, 3.05) is 5.73 Å². The molecule has 50 heavy (non-hydrogen) atoms. The third kappa shape index (κ3) is 7.66. The average Bonchev–Trinajstić information content (AvgIpc) is 3.97. The summed E-state index contributed by atoms with van der Waals surface area (Å²) < 4.78 is 47.6. The summed E-state index contributed by atoms with van der Waals surface area (Å²) in [5.41, 5.74) is 6.51. The average molecular weight is 723 g/mol. The summed E-state index contributed by atoms with van der Waals surface area (Å²) >= 11 is 6.13. The second-order valence-electron chi connectivity index (χ2n) is 14.3. The van der Waals surface area contributed by atoms with Gasteiger partial charge in [0.05, 0.1) is 5.25 Å². The maximum absolute atomic E-state index is 14.2. The zero-order chi connectivity index (χ0) is 36.0. The number of ether oxygens (including phenoxy) is 1. The highest BCUT2D eigenvalue weighted by Crippen LogP contribution is 2.45. The molecule has 3 amide bonds. The summed E-state index contributed by atoms with van der Waals surface area (Å²) in [6.45, 7) is 7.62. The van der Waals surface area contributed by atoms with Crippen molar-refractivity contribution in [2.45, 2.75) is 75.7 Å². The number of nitrogens with two attached hydrogens (primary N) is 1. The monoisotopic (exact) mass is 722 g/mol. The lowest BCUT2D eigenvalue weighted by atomic mass is 9.81. The van der Waals surface area contributed by atoms with E-state index in [0.717, 1.165) is 11.1 Å². The maximum atomic E-state index is 14.2. The van der Waals surface area contributed by atoms with Gasteiger partial charge in [0, 0.05) is 36.0 Å². The molecule has 0 aromatic heterocycles. The van der Waals surface area contributed by atoms with Crippen molar-refractivity contribution < 1.29 is 31.9 Å². The number of nitrogen functional groups attached to an aromatic ring is 1. The second-order valence-corrected chi connectivity index (χ2v) is 16.7. The Morgan fingerprint density at radius 3 is 2.52 bits per heavy atom. The molecule has 1 heterocycles. The molecule has 3 aliphatic rings. The Kier molecular flexibility index (Phi) is 9.47. The Bertz CT molecular complexity index is 1980. The number of halogens is 2. The number of fused-ring (bicyclic) bond motifs is 1. The van der Waals surface area contributed by atoms with Gasteiger partial charge in [0.2, 0.25) is 21.8 Å². The molecule has 2 aliphatic carbocycles. The second kappa shape index (κ2) is 13.4. The zero-order valence-corrected chi connectivity index (χ0v) is 29.5. The highest BCUT2D eigenvalue weighted by Gasteiger charge is 2.61. The highest BCUT2D eigenvalue weighted by molar-refractivity contribution is 7.91. The van der Waals surface area contributed by atoms with Gasteiger partial charge in [-0.25, -0.2) is 12.8 Å². The number of nitrogens with one attached hydrogen (secondary N) is 2. The topological polar surface area (TPSA) is 148 Å². The van der Waals surface area contributed by atoms with Crippen LogP contribution in [0.25, 0.3) is 0 Å². The zero-order valence-electron chi connectivity index (χ0n) is 27.9. The van der Waals surface area contributed by atoms with Crippen LogP contribution in [-0.4, -0.2) is 47.9 Å². The van der Waals surface area contributed by atoms with E-state index in [4.69, 9.17) is 22.1 Å². The Morgan fingerprint density at radius 1 is 1.10 bits per heavy atom. The van der Waals surface area contributed by atoms with Gasteiger partial charge >= 0.3 is 0 Å². The van der Waals surface area contributed by atoms with Gasteiger partial charge in [0.25, 0.3) is 5.91 Å². The Morgan fingerprint density at radius 2 is 1.84 bits per heavy atom. The van der Waals surface area contributed by atoms with E-state index in [1.165, 1.54) is 29.2 Å². The predicted octanol–water partition coefficient (Wildman–Crippen LogP) is 5.44. The first-order valence-electron chi connectivity index (χ1n) is 16.5. The first kappa shape index (κ1) is 35.4. The van der Waals surface area contributed by atoms with Crippen LogP contribution in [0.5, 0.6) is 11.5 Å². The summed E-state index contributed by atoms with van der Waals surface area (Å²) in [6, 6.07) is 15.5. The van der Waals surface area contributed by atoms with Crippen LogP contribution in [0.15, 0.2) is 73.3 Å². The van der Waals surface area contributed by atoms with Crippen molar-refractivity contribution in [3.05, 3.63) is 101 Å².